The zero-order valence-electron chi connectivity index (χ0n) is 15.4. The Bertz CT molecular complexity index is 1160. The molecule has 1 unspecified atom stereocenters. The van der Waals surface area contributed by atoms with Gasteiger partial charge < -0.3 is 14.7 Å². The van der Waals surface area contributed by atoms with E-state index in [-0.39, 0.29) is 23.7 Å². The highest BCUT2D eigenvalue weighted by molar-refractivity contribution is 5.83. The Kier molecular flexibility index (Phi) is 4.12. The second-order valence-corrected chi connectivity index (χ2v) is 7.83. The number of imidazole rings is 1. The lowest BCUT2D eigenvalue weighted by Gasteiger charge is -2.47. The van der Waals surface area contributed by atoms with E-state index in [2.05, 4.69) is 26.8 Å². The lowest BCUT2D eigenvalue weighted by atomic mass is 9.61. The summed E-state index contributed by atoms with van der Waals surface area (Å²) in [5.41, 5.74) is 1.02. The molecule has 0 spiro atoms. The fourth-order valence-electron chi connectivity index (χ4n) is 5.05. The lowest BCUT2D eigenvalue weighted by molar-refractivity contribution is -0.151. The minimum absolute atomic E-state index is 0.0939. The van der Waals surface area contributed by atoms with Crippen molar-refractivity contribution in [2.75, 3.05) is 0 Å². The van der Waals surface area contributed by atoms with Crippen molar-refractivity contribution >= 4 is 17.0 Å². The SMILES string of the molecule is O=C(O)[C@H]1C2CCC(CC2)C1n1cc(F)nc1C#Cc1c[nH]c2ncc(F)cc12. The highest BCUT2D eigenvalue weighted by atomic mass is 19.1. The Morgan fingerprint density at radius 2 is 1.97 bits per heavy atom. The van der Waals surface area contributed by atoms with Gasteiger partial charge in [0.2, 0.25) is 5.95 Å². The molecule has 2 N–H and O–H groups in total. The summed E-state index contributed by atoms with van der Waals surface area (Å²) >= 11 is 0. The first kappa shape index (κ1) is 17.9. The summed E-state index contributed by atoms with van der Waals surface area (Å²) in [4.78, 5) is 22.7. The Balaban J connectivity index is 1.56. The minimum Gasteiger partial charge on any atom is -0.481 e. The quantitative estimate of drug-likeness (QED) is 0.650. The second kappa shape index (κ2) is 6.69. The van der Waals surface area contributed by atoms with Crippen LogP contribution in [0.5, 0.6) is 0 Å². The Morgan fingerprint density at radius 3 is 2.72 bits per heavy atom. The van der Waals surface area contributed by atoms with Gasteiger partial charge in [-0.15, -0.1) is 0 Å². The van der Waals surface area contributed by atoms with E-state index in [9.17, 15) is 18.7 Å². The number of nitrogens with zero attached hydrogens (tertiary/aromatic N) is 3. The zero-order chi connectivity index (χ0) is 20.1. The summed E-state index contributed by atoms with van der Waals surface area (Å²) in [6.07, 6.45) is 7.62. The first-order chi connectivity index (χ1) is 14.0. The molecule has 0 amide bonds. The van der Waals surface area contributed by atoms with Gasteiger partial charge in [-0.1, -0.05) is 5.92 Å². The van der Waals surface area contributed by atoms with Crippen molar-refractivity contribution in [2.45, 2.75) is 31.7 Å². The van der Waals surface area contributed by atoms with Crippen LogP contribution in [0.2, 0.25) is 0 Å². The van der Waals surface area contributed by atoms with Crippen molar-refractivity contribution in [3.63, 3.8) is 0 Å². The molecule has 0 aliphatic heterocycles. The number of halogens is 2. The van der Waals surface area contributed by atoms with Gasteiger partial charge in [0.25, 0.3) is 0 Å². The highest BCUT2D eigenvalue weighted by Gasteiger charge is 2.48. The highest BCUT2D eigenvalue weighted by Crippen LogP contribution is 2.51. The Labute approximate surface area is 165 Å². The van der Waals surface area contributed by atoms with Crippen LogP contribution in [0, 0.1) is 41.4 Å². The molecule has 8 heteroatoms. The Morgan fingerprint density at radius 1 is 1.21 bits per heavy atom. The summed E-state index contributed by atoms with van der Waals surface area (Å²) in [6.45, 7) is 0. The molecule has 29 heavy (non-hydrogen) atoms. The van der Waals surface area contributed by atoms with Gasteiger partial charge in [-0.05, 0) is 49.5 Å². The standard InChI is InChI=1S/C21H18F2N4O2/c22-14-7-15-13(8-24-20(15)25-9-14)5-6-17-26-16(23)10-27(17)19-12-3-1-11(2-4-12)18(19)21(28)29/h7-12,18-19H,1-4H2,(H,24,25)(H,28,29)/t11?,12?,18-,19?/m0/s1. The molecule has 0 aromatic carbocycles. The second-order valence-electron chi connectivity index (χ2n) is 7.83. The maximum atomic E-state index is 14.1. The van der Waals surface area contributed by atoms with Crippen LogP contribution in [-0.2, 0) is 4.79 Å². The molecule has 3 fully saturated rings. The molecule has 2 bridgehead atoms. The molecule has 0 saturated heterocycles. The van der Waals surface area contributed by atoms with Crippen molar-refractivity contribution in [1.82, 2.24) is 19.5 Å². The van der Waals surface area contributed by atoms with Gasteiger partial charge in [-0.3, -0.25) is 4.79 Å². The molecule has 2 atom stereocenters. The molecular formula is C21H18F2N4O2. The number of fused-ring (bicyclic) bond motifs is 4. The normalized spacial score (nSPS) is 25.7. The number of nitrogens with one attached hydrogen (secondary N) is 1. The number of carboxylic acid groups (broad SMARTS) is 1. The van der Waals surface area contributed by atoms with Crippen LogP contribution in [0.25, 0.3) is 11.0 Å². The van der Waals surface area contributed by atoms with Crippen LogP contribution >= 0.6 is 0 Å². The number of hydrogen-bond donors (Lipinski definition) is 2. The van der Waals surface area contributed by atoms with E-state index in [4.69, 9.17) is 0 Å². The molecule has 148 valence electrons. The maximum absolute atomic E-state index is 14.1. The number of carbonyl (C=O) groups is 1. The average Bonchev–Trinajstić information content (AvgIpc) is 3.28. The molecular weight excluding hydrogens is 378 g/mol. The van der Waals surface area contributed by atoms with E-state index in [1.807, 2.05) is 0 Å². The van der Waals surface area contributed by atoms with Gasteiger partial charge >= 0.3 is 5.97 Å². The number of rotatable bonds is 2. The van der Waals surface area contributed by atoms with E-state index in [0.29, 0.717) is 16.6 Å². The van der Waals surface area contributed by atoms with E-state index < -0.39 is 23.7 Å². The lowest BCUT2D eigenvalue weighted by Crippen LogP contribution is -2.45. The fourth-order valence-corrected chi connectivity index (χ4v) is 5.05. The van der Waals surface area contributed by atoms with Crippen LogP contribution in [0.3, 0.4) is 0 Å². The van der Waals surface area contributed by atoms with Crippen molar-refractivity contribution < 1.29 is 18.7 Å². The molecule has 6 nitrogen and oxygen atoms in total. The third kappa shape index (κ3) is 2.97. The van der Waals surface area contributed by atoms with Crippen LogP contribution in [0.4, 0.5) is 8.78 Å². The summed E-state index contributed by atoms with van der Waals surface area (Å²) in [5, 5.41) is 10.3. The molecule has 3 aromatic rings. The third-order valence-electron chi connectivity index (χ3n) is 6.29. The smallest absolute Gasteiger partial charge is 0.308 e. The average molecular weight is 396 g/mol. The van der Waals surface area contributed by atoms with Gasteiger partial charge in [0, 0.05) is 11.6 Å². The van der Waals surface area contributed by atoms with E-state index >= 15 is 0 Å². The van der Waals surface area contributed by atoms with Gasteiger partial charge in [-0.25, -0.2) is 9.37 Å². The van der Waals surface area contributed by atoms with Crippen molar-refractivity contribution in [1.29, 1.82) is 0 Å². The maximum Gasteiger partial charge on any atom is 0.308 e. The van der Waals surface area contributed by atoms with Gasteiger partial charge in [0.05, 0.1) is 29.9 Å². The van der Waals surface area contributed by atoms with Crippen LogP contribution in [-0.4, -0.2) is 30.6 Å². The molecule has 3 aliphatic rings. The van der Waals surface area contributed by atoms with Gasteiger partial charge in [0.1, 0.15) is 11.5 Å². The topological polar surface area (TPSA) is 83.8 Å². The minimum atomic E-state index is -0.851. The first-order valence-electron chi connectivity index (χ1n) is 9.63. The van der Waals surface area contributed by atoms with Gasteiger partial charge in [-0.2, -0.15) is 9.37 Å². The van der Waals surface area contributed by atoms with Crippen LogP contribution < -0.4 is 0 Å². The molecule has 3 heterocycles. The summed E-state index contributed by atoms with van der Waals surface area (Å²) in [6, 6.07) is 0.972. The van der Waals surface area contributed by atoms with Crippen molar-refractivity contribution in [2.24, 2.45) is 17.8 Å². The molecule has 3 saturated carbocycles. The number of aromatic nitrogens is 4. The summed E-state index contributed by atoms with van der Waals surface area (Å²) < 4.78 is 29.2. The first-order valence-corrected chi connectivity index (χ1v) is 9.63. The van der Waals surface area contributed by atoms with E-state index in [1.54, 1.807) is 10.8 Å². The third-order valence-corrected chi connectivity index (χ3v) is 6.29. The Hall–Kier alpha value is -3.21. The van der Waals surface area contributed by atoms with Crippen molar-refractivity contribution in [3.05, 3.63) is 47.8 Å². The van der Waals surface area contributed by atoms with Crippen molar-refractivity contribution in [3.8, 4) is 11.8 Å². The van der Waals surface area contributed by atoms with Gasteiger partial charge in [0.15, 0.2) is 5.82 Å². The largest absolute Gasteiger partial charge is 0.481 e. The van der Waals surface area contributed by atoms with Crippen LogP contribution in [0.15, 0.2) is 24.7 Å². The van der Waals surface area contributed by atoms with Crippen LogP contribution in [0.1, 0.15) is 43.1 Å². The fraction of sp³-hybridized carbons (Fsp3) is 0.381. The number of pyridine rings is 1. The summed E-state index contributed by atoms with van der Waals surface area (Å²) in [7, 11) is 0. The van der Waals surface area contributed by atoms with E-state index in [1.165, 1.54) is 12.3 Å². The number of aliphatic carboxylic acids is 1. The predicted octanol–water partition coefficient (Wildman–Crippen LogP) is 3.50. The zero-order valence-corrected chi connectivity index (χ0v) is 15.4. The summed E-state index contributed by atoms with van der Waals surface area (Å²) in [5.74, 6) is 3.63. The predicted molar refractivity (Wildman–Crippen MR) is 99.8 cm³/mol. The number of carboxylic acids is 1. The number of H-pyrrole nitrogens is 1. The molecule has 0 radical (unpaired) electrons. The number of hydrogen-bond acceptors (Lipinski definition) is 3. The molecule has 3 aromatic heterocycles. The number of aromatic amines is 1. The molecule has 3 aliphatic carbocycles. The van der Waals surface area contributed by atoms with E-state index in [0.717, 1.165) is 31.9 Å². The monoisotopic (exact) mass is 396 g/mol. The molecule has 6 rings (SSSR count).